The molecule has 1 aliphatic rings. The number of amides is 1. The third-order valence-corrected chi connectivity index (χ3v) is 4.55. The van der Waals surface area contributed by atoms with Gasteiger partial charge in [0.2, 0.25) is 5.91 Å². The van der Waals surface area contributed by atoms with Crippen LogP contribution in [0.5, 0.6) is 0 Å². The molecule has 0 aromatic heterocycles. The Balaban J connectivity index is 1.43. The lowest BCUT2D eigenvalue weighted by atomic mass is 10.2. The fourth-order valence-electron chi connectivity index (χ4n) is 3.09. The van der Waals surface area contributed by atoms with E-state index in [2.05, 4.69) is 53.5 Å². The molecule has 2 aromatic rings. The maximum atomic E-state index is 12.4. The first-order valence-electron chi connectivity index (χ1n) is 8.61. The van der Waals surface area contributed by atoms with E-state index in [9.17, 15) is 4.79 Å². The Morgan fingerprint density at radius 2 is 1.62 bits per heavy atom. The summed E-state index contributed by atoms with van der Waals surface area (Å²) in [5, 5.41) is 3.36. The highest BCUT2D eigenvalue weighted by Crippen LogP contribution is 2.16. The van der Waals surface area contributed by atoms with Crippen molar-refractivity contribution in [3.63, 3.8) is 0 Å². The Morgan fingerprint density at radius 3 is 2.33 bits per heavy atom. The third kappa shape index (κ3) is 4.07. The van der Waals surface area contributed by atoms with Crippen LogP contribution in [0.25, 0.3) is 0 Å². The third-order valence-electron chi connectivity index (χ3n) is 4.55. The number of nitrogens with one attached hydrogen (secondary N) is 1. The predicted molar refractivity (Wildman–Crippen MR) is 99.5 cm³/mol. The zero-order valence-electron chi connectivity index (χ0n) is 14.2. The first-order chi connectivity index (χ1) is 11.7. The number of hydrogen-bond acceptors (Lipinski definition) is 3. The second-order valence-electron chi connectivity index (χ2n) is 6.20. The summed E-state index contributed by atoms with van der Waals surface area (Å²) in [6.45, 7) is 6.17. The predicted octanol–water partition coefficient (Wildman–Crippen LogP) is 3.15. The van der Waals surface area contributed by atoms with Gasteiger partial charge in [0.1, 0.15) is 0 Å². The lowest BCUT2D eigenvalue weighted by molar-refractivity contribution is -0.131. The Hall–Kier alpha value is -2.49. The molecule has 1 N–H and O–H groups in total. The molecule has 0 bridgehead atoms. The maximum absolute atomic E-state index is 12.4. The quantitative estimate of drug-likeness (QED) is 0.918. The number of benzene rings is 2. The molecule has 126 valence electrons. The topological polar surface area (TPSA) is 35.6 Å². The number of hydrogen-bond donors (Lipinski definition) is 1. The van der Waals surface area contributed by atoms with Crippen LogP contribution in [-0.2, 0) is 4.79 Å². The van der Waals surface area contributed by atoms with Gasteiger partial charge in [0.25, 0.3) is 0 Å². The lowest BCUT2D eigenvalue weighted by Gasteiger charge is -2.36. The van der Waals surface area contributed by atoms with Crippen molar-refractivity contribution in [1.29, 1.82) is 0 Å². The Labute approximate surface area is 144 Å². The number of para-hydroxylation sites is 2. The number of carbonyl (C=O) groups is 1. The smallest absolute Gasteiger partial charge is 0.224 e. The lowest BCUT2D eigenvalue weighted by Crippen LogP contribution is -2.49. The van der Waals surface area contributed by atoms with Gasteiger partial charge in [-0.05, 0) is 30.7 Å². The fraction of sp³-hybridized carbons (Fsp3) is 0.350. The Kier molecular flexibility index (Phi) is 5.36. The van der Waals surface area contributed by atoms with Crippen molar-refractivity contribution in [3.05, 3.63) is 60.2 Å². The molecule has 0 saturated carbocycles. The molecule has 1 aliphatic heterocycles. The summed E-state index contributed by atoms with van der Waals surface area (Å²) in [5.41, 5.74) is 3.56. The zero-order valence-corrected chi connectivity index (χ0v) is 14.2. The Bertz CT molecular complexity index is 664. The van der Waals surface area contributed by atoms with Crippen molar-refractivity contribution in [2.24, 2.45) is 0 Å². The minimum atomic E-state index is 0.240. The molecule has 1 heterocycles. The van der Waals surface area contributed by atoms with E-state index in [0.29, 0.717) is 13.0 Å². The number of aryl methyl sites for hydroxylation is 1. The summed E-state index contributed by atoms with van der Waals surface area (Å²) >= 11 is 0. The molecule has 1 amide bonds. The first-order valence-corrected chi connectivity index (χ1v) is 8.61. The van der Waals surface area contributed by atoms with Crippen LogP contribution in [0.2, 0.25) is 0 Å². The average molecular weight is 323 g/mol. The van der Waals surface area contributed by atoms with Gasteiger partial charge in [-0.25, -0.2) is 0 Å². The van der Waals surface area contributed by atoms with Crippen molar-refractivity contribution in [2.45, 2.75) is 13.3 Å². The normalized spacial score (nSPS) is 14.5. The molecule has 0 radical (unpaired) electrons. The molecular weight excluding hydrogens is 298 g/mol. The van der Waals surface area contributed by atoms with Crippen molar-refractivity contribution < 1.29 is 4.79 Å². The number of piperazine rings is 1. The highest BCUT2D eigenvalue weighted by molar-refractivity contribution is 5.77. The second kappa shape index (κ2) is 7.86. The van der Waals surface area contributed by atoms with Gasteiger partial charge >= 0.3 is 0 Å². The number of nitrogens with zero attached hydrogens (tertiary/aromatic N) is 2. The maximum Gasteiger partial charge on any atom is 0.224 e. The van der Waals surface area contributed by atoms with E-state index in [4.69, 9.17) is 0 Å². The van der Waals surface area contributed by atoms with Crippen LogP contribution in [-0.4, -0.2) is 43.5 Å². The van der Waals surface area contributed by atoms with E-state index in [1.807, 2.05) is 23.1 Å². The minimum absolute atomic E-state index is 0.240. The van der Waals surface area contributed by atoms with E-state index in [1.54, 1.807) is 0 Å². The van der Waals surface area contributed by atoms with Crippen molar-refractivity contribution in [2.75, 3.05) is 42.9 Å². The van der Waals surface area contributed by atoms with Gasteiger partial charge < -0.3 is 15.1 Å². The summed E-state index contributed by atoms with van der Waals surface area (Å²) in [6.07, 6.45) is 0.541. The molecule has 2 aromatic carbocycles. The number of rotatable bonds is 5. The van der Waals surface area contributed by atoms with E-state index in [0.717, 1.165) is 31.9 Å². The molecule has 24 heavy (non-hydrogen) atoms. The van der Waals surface area contributed by atoms with Crippen molar-refractivity contribution in [3.8, 4) is 0 Å². The number of anilines is 2. The van der Waals surface area contributed by atoms with E-state index >= 15 is 0 Å². The van der Waals surface area contributed by atoms with Crippen molar-refractivity contribution in [1.82, 2.24) is 4.90 Å². The van der Waals surface area contributed by atoms with Crippen LogP contribution < -0.4 is 10.2 Å². The first kappa shape index (κ1) is 16.4. The van der Waals surface area contributed by atoms with Crippen LogP contribution >= 0.6 is 0 Å². The largest absolute Gasteiger partial charge is 0.384 e. The highest BCUT2D eigenvalue weighted by atomic mass is 16.2. The summed E-state index contributed by atoms with van der Waals surface area (Å²) in [5.74, 6) is 0.240. The van der Waals surface area contributed by atoms with Gasteiger partial charge in [-0.15, -0.1) is 0 Å². The Morgan fingerprint density at radius 1 is 0.958 bits per heavy atom. The molecule has 4 nitrogen and oxygen atoms in total. The van der Waals surface area contributed by atoms with Crippen LogP contribution in [0.4, 0.5) is 11.4 Å². The molecule has 0 unspecified atom stereocenters. The summed E-state index contributed by atoms with van der Waals surface area (Å²) in [4.78, 5) is 16.7. The number of carbonyl (C=O) groups excluding carboxylic acids is 1. The second-order valence-corrected chi connectivity index (χ2v) is 6.20. The van der Waals surface area contributed by atoms with Crippen LogP contribution in [0, 0.1) is 6.92 Å². The van der Waals surface area contributed by atoms with E-state index in [-0.39, 0.29) is 5.91 Å². The van der Waals surface area contributed by atoms with Crippen LogP contribution in [0.1, 0.15) is 12.0 Å². The van der Waals surface area contributed by atoms with Gasteiger partial charge in [0.15, 0.2) is 0 Å². The molecule has 0 atom stereocenters. The molecule has 1 saturated heterocycles. The SMILES string of the molecule is Cc1ccccc1NCCC(=O)N1CCN(c2ccccc2)CC1. The monoisotopic (exact) mass is 323 g/mol. The van der Waals surface area contributed by atoms with Gasteiger partial charge in [-0.1, -0.05) is 36.4 Å². The molecular formula is C20H25N3O. The molecule has 0 spiro atoms. The van der Waals surface area contributed by atoms with Gasteiger partial charge in [-0.3, -0.25) is 4.79 Å². The van der Waals surface area contributed by atoms with Crippen LogP contribution in [0.3, 0.4) is 0 Å². The van der Waals surface area contributed by atoms with Gasteiger partial charge in [0, 0.05) is 50.5 Å². The summed E-state index contributed by atoms with van der Waals surface area (Å²) in [7, 11) is 0. The molecule has 0 aliphatic carbocycles. The summed E-state index contributed by atoms with van der Waals surface area (Å²) < 4.78 is 0. The van der Waals surface area contributed by atoms with Crippen LogP contribution in [0.15, 0.2) is 54.6 Å². The zero-order chi connectivity index (χ0) is 16.8. The standard InChI is InChI=1S/C20H25N3O/c1-17-7-5-6-10-19(17)21-12-11-20(24)23-15-13-22(14-16-23)18-8-3-2-4-9-18/h2-10,21H,11-16H2,1H3. The average Bonchev–Trinajstić information content (AvgIpc) is 2.64. The summed E-state index contributed by atoms with van der Waals surface area (Å²) in [6, 6.07) is 18.6. The van der Waals surface area contributed by atoms with Gasteiger partial charge in [-0.2, -0.15) is 0 Å². The highest BCUT2D eigenvalue weighted by Gasteiger charge is 2.20. The molecule has 3 rings (SSSR count). The minimum Gasteiger partial charge on any atom is -0.384 e. The molecule has 4 heteroatoms. The van der Waals surface area contributed by atoms with Crippen molar-refractivity contribution >= 4 is 17.3 Å². The molecule has 1 fully saturated rings. The fourth-order valence-corrected chi connectivity index (χ4v) is 3.09. The van der Waals surface area contributed by atoms with E-state index in [1.165, 1.54) is 11.3 Å². The van der Waals surface area contributed by atoms with Gasteiger partial charge in [0.05, 0.1) is 0 Å². The van der Waals surface area contributed by atoms with E-state index < -0.39 is 0 Å².